The first-order valence-corrected chi connectivity index (χ1v) is 11.1. The van der Waals surface area contributed by atoms with Gasteiger partial charge in [-0.05, 0) is 50.9 Å². The summed E-state index contributed by atoms with van der Waals surface area (Å²) in [6.07, 6.45) is -1.87. The fraction of sp³-hybridized carbons (Fsp3) is 0.500. The SMILES string of the molecule is CCc1c(C(=O)NCc2ccccc2C(F)(F)F)c(=O)cc(C)n1C[C@H]1CCCN1CC. The Morgan fingerprint density at radius 1 is 1.22 bits per heavy atom. The van der Waals surface area contributed by atoms with Crippen LogP contribution >= 0.6 is 0 Å². The summed E-state index contributed by atoms with van der Waals surface area (Å²) in [5, 5.41) is 2.54. The molecule has 1 saturated heterocycles. The number of pyridine rings is 1. The number of alkyl halides is 3. The number of likely N-dealkylation sites (tertiary alicyclic amines) is 1. The molecule has 1 fully saturated rings. The van der Waals surface area contributed by atoms with Crippen LogP contribution in [-0.2, 0) is 25.7 Å². The predicted octanol–water partition coefficient (Wildman–Crippen LogP) is 4.15. The van der Waals surface area contributed by atoms with E-state index in [1.165, 1.54) is 24.3 Å². The van der Waals surface area contributed by atoms with Gasteiger partial charge < -0.3 is 9.88 Å². The maximum absolute atomic E-state index is 13.3. The highest BCUT2D eigenvalue weighted by Gasteiger charge is 2.33. The quantitative estimate of drug-likeness (QED) is 0.691. The van der Waals surface area contributed by atoms with E-state index in [0.717, 1.165) is 37.7 Å². The molecule has 0 spiro atoms. The fourth-order valence-electron chi connectivity index (χ4n) is 4.64. The highest BCUT2D eigenvalue weighted by Crippen LogP contribution is 2.31. The van der Waals surface area contributed by atoms with Crippen LogP contribution in [0.15, 0.2) is 35.1 Å². The minimum atomic E-state index is -4.51. The Balaban J connectivity index is 1.89. The molecule has 1 aliphatic heterocycles. The van der Waals surface area contributed by atoms with Crippen molar-refractivity contribution >= 4 is 5.91 Å². The number of nitrogens with zero attached hydrogens (tertiary/aromatic N) is 2. The molecule has 1 N–H and O–H groups in total. The van der Waals surface area contributed by atoms with E-state index in [1.54, 1.807) is 0 Å². The molecule has 2 aromatic rings. The molecule has 174 valence electrons. The zero-order chi connectivity index (χ0) is 23.5. The number of halogens is 3. The van der Waals surface area contributed by atoms with E-state index in [2.05, 4.69) is 17.1 Å². The smallest absolute Gasteiger partial charge is 0.348 e. The van der Waals surface area contributed by atoms with Crippen LogP contribution in [-0.4, -0.2) is 34.5 Å². The van der Waals surface area contributed by atoms with E-state index in [-0.39, 0.29) is 17.7 Å². The van der Waals surface area contributed by atoms with Crippen molar-refractivity contribution in [2.45, 2.75) is 65.3 Å². The van der Waals surface area contributed by atoms with Crippen LogP contribution in [0, 0.1) is 6.92 Å². The molecular formula is C24H30F3N3O2. The molecule has 2 heterocycles. The molecule has 0 radical (unpaired) electrons. The maximum atomic E-state index is 13.3. The summed E-state index contributed by atoms with van der Waals surface area (Å²) in [4.78, 5) is 28.1. The van der Waals surface area contributed by atoms with Crippen LogP contribution in [0.5, 0.6) is 0 Å². The van der Waals surface area contributed by atoms with Crippen LogP contribution in [0.4, 0.5) is 13.2 Å². The van der Waals surface area contributed by atoms with Gasteiger partial charge in [-0.2, -0.15) is 13.2 Å². The summed E-state index contributed by atoms with van der Waals surface area (Å²) in [6, 6.07) is 6.90. The number of carbonyl (C=O) groups excluding carboxylic acids is 1. The highest BCUT2D eigenvalue weighted by atomic mass is 19.4. The summed E-state index contributed by atoms with van der Waals surface area (Å²) in [7, 11) is 0. The zero-order valence-corrected chi connectivity index (χ0v) is 18.8. The van der Waals surface area contributed by atoms with Crippen molar-refractivity contribution in [2.75, 3.05) is 13.1 Å². The Morgan fingerprint density at radius 3 is 2.59 bits per heavy atom. The van der Waals surface area contributed by atoms with Crippen LogP contribution < -0.4 is 10.7 Å². The molecule has 1 aromatic carbocycles. The van der Waals surface area contributed by atoms with E-state index in [4.69, 9.17) is 0 Å². The van der Waals surface area contributed by atoms with Crippen molar-refractivity contribution in [3.8, 4) is 0 Å². The summed E-state index contributed by atoms with van der Waals surface area (Å²) >= 11 is 0. The van der Waals surface area contributed by atoms with Gasteiger partial charge in [0, 0.05) is 36.6 Å². The summed E-state index contributed by atoms with van der Waals surface area (Å²) in [6.45, 7) is 8.21. The first-order chi connectivity index (χ1) is 15.2. The maximum Gasteiger partial charge on any atom is 0.416 e. The number of carbonyl (C=O) groups is 1. The van der Waals surface area contributed by atoms with Crippen LogP contribution in [0.25, 0.3) is 0 Å². The Labute approximate surface area is 186 Å². The van der Waals surface area contributed by atoms with Crippen molar-refractivity contribution in [3.63, 3.8) is 0 Å². The van der Waals surface area contributed by atoms with Gasteiger partial charge in [-0.15, -0.1) is 0 Å². The molecule has 5 nitrogen and oxygen atoms in total. The van der Waals surface area contributed by atoms with E-state index in [0.29, 0.717) is 24.7 Å². The third kappa shape index (κ3) is 5.06. The number of nitrogens with one attached hydrogen (secondary N) is 1. The zero-order valence-electron chi connectivity index (χ0n) is 18.8. The Kier molecular flexibility index (Phi) is 7.44. The molecule has 0 unspecified atom stereocenters. The minimum absolute atomic E-state index is 0.0173. The molecule has 32 heavy (non-hydrogen) atoms. The van der Waals surface area contributed by atoms with E-state index < -0.39 is 23.1 Å². The molecule has 0 saturated carbocycles. The molecule has 8 heteroatoms. The van der Waals surface area contributed by atoms with E-state index in [1.807, 2.05) is 18.4 Å². The van der Waals surface area contributed by atoms with Crippen LogP contribution in [0.1, 0.15) is 59.6 Å². The molecule has 1 atom stereocenters. The monoisotopic (exact) mass is 449 g/mol. The fourth-order valence-corrected chi connectivity index (χ4v) is 4.64. The second-order valence-electron chi connectivity index (χ2n) is 8.20. The van der Waals surface area contributed by atoms with Gasteiger partial charge in [-0.3, -0.25) is 14.5 Å². The van der Waals surface area contributed by atoms with E-state index in [9.17, 15) is 22.8 Å². The van der Waals surface area contributed by atoms with Gasteiger partial charge in [0.25, 0.3) is 5.91 Å². The molecule has 1 aromatic heterocycles. The number of benzene rings is 1. The Bertz CT molecular complexity index is 1030. The van der Waals surface area contributed by atoms with Gasteiger partial charge >= 0.3 is 6.18 Å². The van der Waals surface area contributed by atoms with Crippen LogP contribution in [0.3, 0.4) is 0 Å². The lowest BCUT2D eigenvalue weighted by atomic mass is 10.1. The molecule has 1 amide bonds. The van der Waals surface area contributed by atoms with Gasteiger partial charge in [0.15, 0.2) is 5.43 Å². The van der Waals surface area contributed by atoms with Gasteiger partial charge in [0.05, 0.1) is 5.56 Å². The number of hydrogen-bond donors (Lipinski definition) is 1. The third-order valence-corrected chi connectivity index (χ3v) is 6.25. The predicted molar refractivity (Wildman–Crippen MR) is 118 cm³/mol. The first-order valence-electron chi connectivity index (χ1n) is 11.1. The molecule has 3 rings (SSSR count). The topological polar surface area (TPSA) is 54.3 Å². The number of aryl methyl sites for hydroxylation is 1. The van der Waals surface area contributed by atoms with Gasteiger partial charge in [-0.1, -0.05) is 32.0 Å². The molecule has 0 bridgehead atoms. The lowest BCUT2D eigenvalue weighted by Gasteiger charge is -2.27. The Hall–Kier alpha value is -2.61. The number of rotatable bonds is 7. The highest BCUT2D eigenvalue weighted by molar-refractivity contribution is 5.95. The third-order valence-electron chi connectivity index (χ3n) is 6.25. The van der Waals surface area contributed by atoms with Gasteiger partial charge in [0.1, 0.15) is 5.56 Å². The van der Waals surface area contributed by atoms with Crippen molar-refractivity contribution in [1.82, 2.24) is 14.8 Å². The van der Waals surface area contributed by atoms with Crippen molar-refractivity contribution in [1.29, 1.82) is 0 Å². The standard InChI is InChI=1S/C24H30F3N3O2/c1-4-20-22(23(32)28-14-17-9-6-7-11-19(17)24(25,26)27)21(31)13-16(3)30(20)15-18-10-8-12-29(18)5-2/h6-7,9,11,13,18H,4-5,8,10,12,14-15H2,1-3H3,(H,28,32)/t18-/m1/s1. The normalized spacial score (nSPS) is 17.0. The van der Waals surface area contributed by atoms with Crippen molar-refractivity contribution in [2.24, 2.45) is 0 Å². The second kappa shape index (κ2) is 9.90. The van der Waals surface area contributed by atoms with E-state index >= 15 is 0 Å². The van der Waals surface area contributed by atoms with Crippen molar-refractivity contribution in [3.05, 3.63) is 68.6 Å². The second-order valence-corrected chi connectivity index (χ2v) is 8.20. The summed E-state index contributed by atoms with van der Waals surface area (Å²) < 4.78 is 41.8. The summed E-state index contributed by atoms with van der Waals surface area (Å²) in [5.41, 5.74) is 0.189. The summed E-state index contributed by atoms with van der Waals surface area (Å²) in [5.74, 6) is -0.642. The Morgan fingerprint density at radius 2 is 1.94 bits per heavy atom. The number of aromatic nitrogens is 1. The van der Waals surface area contributed by atoms with Crippen molar-refractivity contribution < 1.29 is 18.0 Å². The lowest BCUT2D eigenvalue weighted by Crippen LogP contribution is -2.37. The molecule has 0 aliphatic carbocycles. The number of hydrogen-bond acceptors (Lipinski definition) is 3. The average Bonchev–Trinajstić information content (AvgIpc) is 3.20. The van der Waals surface area contributed by atoms with Crippen LogP contribution in [0.2, 0.25) is 0 Å². The lowest BCUT2D eigenvalue weighted by molar-refractivity contribution is -0.138. The number of likely N-dealkylation sites (N-methyl/N-ethyl adjacent to an activating group) is 1. The number of amides is 1. The average molecular weight is 450 g/mol. The largest absolute Gasteiger partial charge is 0.416 e. The molecule has 1 aliphatic rings. The molecular weight excluding hydrogens is 419 g/mol. The first kappa shape index (κ1) is 24.0. The van der Waals surface area contributed by atoms with Gasteiger partial charge in [-0.25, -0.2) is 0 Å². The van der Waals surface area contributed by atoms with Gasteiger partial charge in [0.2, 0.25) is 0 Å². The minimum Gasteiger partial charge on any atom is -0.348 e.